The van der Waals surface area contributed by atoms with Crippen LogP contribution in [0, 0.1) is 0 Å². The van der Waals surface area contributed by atoms with Gasteiger partial charge in [0.25, 0.3) is 11.5 Å². The number of amides is 1. The third kappa shape index (κ3) is 4.04. The van der Waals surface area contributed by atoms with Crippen LogP contribution in [-0.4, -0.2) is 33.1 Å². The Bertz CT molecular complexity index is 1020. The number of carbonyl (C=O) groups is 2. The SMILES string of the molecule is O=C(O)Cn1cc(NC(=O)COc2cccc3cnccc23)ccc1=O. The Morgan fingerprint density at radius 2 is 2.04 bits per heavy atom. The van der Waals surface area contributed by atoms with E-state index in [2.05, 4.69) is 10.3 Å². The minimum Gasteiger partial charge on any atom is -0.483 e. The molecule has 2 N–H and O–H groups in total. The van der Waals surface area contributed by atoms with Gasteiger partial charge < -0.3 is 19.7 Å². The van der Waals surface area contributed by atoms with Crippen molar-refractivity contribution in [2.45, 2.75) is 6.54 Å². The number of anilines is 1. The lowest BCUT2D eigenvalue weighted by Crippen LogP contribution is -2.25. The highest BCUT2D eigenvalue weighted by molar-refractivity contribution is 5.92. The number of nitrogens with zero attached hydrogens (tertiary/aromatic N) is 2. The third-order valence-electron chi connectivity index (χ3n) is 3.57. The quantitative estimate of drug-likeness (QED) is 0.695. The number of carboxylic acid groups (broad SMARTS) is 1. The number of hydrogen-bond donors (Lipinski definition) is 2. The van der Waals surface area contributed by atoms with E-state index in [1.54, 1.807) is 30.6 Å². The summed E-state index contributed by atoms with van der Waals surface area (Å²) in [6.07, 6.45) is 4.62. The smallest absolute Gasteiger partial charge is 0.323 e. The first-order chi connectivity index (χ1) is 12.5. The number of pyridine rings is 2. The van der Waals surface area contributed by atoms with Gasteiger partial charge in [0.05, 0.1) is 5.69 Å². The summed E-state index contributed by atoms with van der Waals surface area (Å²) in [4.78, 5) is 38.5. The van der Waals surface area contributed by atoms with E-state index in [-0.39, 0.29) is 6.61 Å². The Balaban J connectivity index is 1.67. The largest absolute Gasteiger partial charge is 0.483 e. The molecule has 0 unspecified atom stereocenters. The van der Waals surface area contributed by atoms with E-state index in [1.165, 1.54) is 18.3 Å². The molecule has 132 valence electrons. The van der Waals surface area contributed by atoms with Gasteiger partial charge in [-0.2, -0.15) is 0 Å². The van der Waals surface area contributed by atoms with Gasteiger partial charge in [0.2, 0.25) is 0 Å². The van der Waals surface area contributed by atoms with Crippen LogP contribution in [0.3, 0.4) is 0 Å². The molecule has 3 aromatic rings. The van der Waals surface area contributed by atoms with Gasteiger partial charge in [0.1, 0.15) is 12.3 Å². The summed E-state index contributed by atoms with van der Waals surface area (Å²) in [6, 6.07) is 9.84. The molecule has 0 saturated carbocycles. The normalized spacial score (nSPS) is 10.5. The van der Waals surface area contributed by atoms with Crippen LogP contribution in [0.25, 0.3) is 10.8 Å². The lowest BCUT2D eigenvalue weighted by atomic mass is 10.1. The summed E-state index contributed by atoms with van der Waals surface area (Å²) in [7, 11) is 0. The van der Waals surface area contributed by atoms with E-state index in [9.17, 15) is 14.4 Å². The van der Waals surface area contributed by atoms with Gasteiger partial charge in [-0.05, 0) is 18.2 Å². The van der Waals surface area contributed by atoms with Gasteiger partial charge in [0.15, 0.2) is 6.61 Å². The van der Waals surface area contributed by atoms with Gasteiger partial charge in [-0.15, -0.1) is 0 Å². The summed E-state index contributed by atoms with van der Waals surface area (Å²) >= 11 is 0. The highest BCUT2D eigenvalue weighted by Crippen LogP contribution is 2.24. The number of carboxylic acids is 1. The van der Waals surface area contributed by atoms with Crippen LogP contribution < -0.4 is 15.6 Å². The molecule has 1 aromatic carbocycles. The summed E-state index contributed by atoms with van der Waals surface area (Å²) in [6.45, 7) is -0.720. The predicted octanol–water partition coefficient (Wildman–Crippen LogP) is 1.50. The zero-order chi connectivity index (χ0) is 18.5. The molecule has 3 rings (SSSR count). The zero-order valence-electron chi connectivity index (χ0n) is 13.6. The molecule has 0 saturated heterocycles. The second-order valence-corrected chi connectivity index (χ2v) is 5.47. The Morgan fingerprint density at radius 1 is 1.19 bits per heavy atom. The van der Waals surface area contributed by atoms with Crippen LogP contribution in [0.1, 0.15) is 0 Å². The second-order valence-electron chi connectivity index (χ2n) is 5.47. The van der Waals surface area contributed by atoms with Crippen molar-refractivity contribution >= 4 is 28.3 Å². The Hall–Kier alpha value is -3.68. The molecular formula is C18H15N3O5. The number of nitrogens with one attached hydrogen (secondary N) is 1. The summed E-state index contributed by atoms with van der Waals surface area (Å²) in [5.74, 6) is -1.03. The van der Waals surface area contributed by atoms with Gasteiger partial charge >= 0.3 is 5.97 Å². The van der Waals surface area contributed by atoms with E-state index >= 15 is 0 Å². The van der Waals surface area contributed by atoms with E-state index < -0.39 is 24.0 Å². The minimum atomic E-state index is -1.15. The number of rotatable bonds is 6. The average molecular weight is 353 g/mol. The summed E-state index contributed by atoms with van der Waals surface area (Å²) in [5.41, 5.74) is -0.160. The van der Waals surface area contributed by atoms with E-state index in [1.807, 2.05) is 6.07 Å². The Morgan fingerprint density at radius 3 is 2.85 bits per heavy atom. The van der Waals surface area contributed by atoms with Gasteiger partial charge in [0, 0.05) is 35.4 Å². The van der Waals surface area contributed by atoms with E-state index in [0.29, 0.717) is 11.4 Å². The molecule has 0 aliphatic heterocycles. The van der Waals surface area contributed by atoms with Crippen molar-refractivity contribution in [1.82, 2.24) is 9.55 Å². The Labute approximate surface area is 147 Å². The monoisotopic (exact) mass is 353 g/mol. The molecule has 1 amide bonds. The van der Waals surface area contributed by atoms with Crippen molar-refractivity contribution in [2.75, 3.05) is 11.9 Å². The molecule has 8 nitrogen and oxygen atoms in total. The molecule has 8 heteroatoms. The first kappa shape index (κ1) is 17.2. The molecule has 2 aromatic heterocycles. The van der Waals surface area contributed by atoms with Crippen LogP contribution in [-0.2, 0) is 16.1 Å². The molecule has 0 atom stereocenters. The topological polar surface area (TPSA) is 111 Å². The number of carbonyl (C=O) groups excluding carboxylic acids is 1. The summed E-state index contributed by atoms with van der Waals surface area (Å²) < 4.78 is 6.57. The van der Waals surface area contributed by atoms with Crippen LogP contribution >= 0.6 is 0 Å². The molecule has 0 aliphatic carbocycles. The van der Waals surface area contributed by atoms with Crippen molar-refractivity contribution < 1.29 is 19.4 Å². The number of aliphatic carboxylic acids is 1. The number of ether oxygens (including phenoxy) is 1. The van der Waals surface area contributed by atoms with Crippen molar-refractivity contribution in [3.63, 3.8) is 0 Å². The lowest BCUT2D eigenvalue weighted by molar-refractivity contribution is -0.137. The molecule has 0 radical (unpaired) electrons. The number of aromatic nitrogens is 2. The minimum absolute atomic E-state index is 0.237. The molecule has 0 aliphatic rings. The van der Waals surface area contributed by atoms with Gasteiger partial charge in [-0.1, -0.05) is 12.1 Å². The first-order valence-electron chi connectivity index (χ1n) is 7.70. The molecule has 2 heterocycles. The highest BCUT2D eigenvalue weighted by atomic mass is 16.5. The van der Waals surface area contributed by atoms with Crippen LogP contribution in [0.2, 0.25) is 0 Å². The molecule has 0 fully saturated rings. The maximum absolute atomic E-state index is 12.1. The lowest BCUT2D eigenvalue weighted by Gasteiger charge is -2.10. The number of benzene rings is 1. The second kappa shape index (κ2) is 7.47. The molecule has 0 spiro atoms. The van der Waals surface area contributed by atoms with Crippen LogP contribution in [0.4, 0.5) is 5.69 Å². The van der Waals surface area contributed by atoms with Crippen molar-refractivity contribution in [2.24, 2.45) is 0 Å². The van der Waals surface area contributed by atoms with Crippen molar-refractivity contribution in [3.8, 4) is 5.75 Å². The fourth-order valence-corrected chi connectivity index (χ4v) is 2.43. The molecular weight excluding hydrogens is 338 g/mol. The molecule has 0 bridgehead atoms. The Kier molecular flexibility index (Phi) is 4.93. The predicted molar refractivity (Wildman–Crippen MR) is 94.2 cm³/mol. The zero-order valence-corrected chi connectivity index (χ0v) is 13.6. The maximum atomic E-state index is 12.1. The van der Waals surface area contributed by atoms with Crippen LogP contribution in [0.5, 0.6) is 5.75 Å². The fourth-order valence-electron chi connectivity index (χ4n) is 2.43. The maximum Gasteiger partial charge on any atom is 0.323 e. The highest BCUT2D eigenvalue weighted by Gasteiger charge is 2.08. The first-order valence-corrected chi connectivity index (χ1v) is 7.70. The average Bonchev–Trinajstić information content (AvgIpc) is 2.62. The number of hydrogen-bond acceptors (Lipinski definition) is 5. The summed E-state index contributed by atoms with van der Waals surface area (Å²) in [5, 5.41) is 13.1. The van der Waals surface area contributed by atoms with Gasteiger partial charge in [-0.3, -0.25) is 19.4 Å². The van der Waals surface area contributed by atoms with Crippen molar-refractivity contribution in [3.05, 3.63) is 65.3 Å². The molecule has 26 heavy (non-hydrogen) atoms. The van der Waals surface area contributed by atoms with Gasteiger partial charge in [-0.25, -0.2) is 0 Å². The fraction of sp³-hybridized carbons (Fsp3) is 0.111. The van der Waals surface area contributed by atoms with Crippen LogP contribution in [0.15, 0.2) is 59.8 Å². The van der Waals surface area contributed by atoms with Crippen molar-refractivity contribution in [1.29, 1.82) is 0 Å². The number of fused-ring (bicyclic) bond motifs is 1. The van der Waals surface area contributed by atoms with E-state index in [0.717, 1.165) is 15.3 Å². The standard InChI is InChI=1S/C18H15N3O5/c22-16(20-13-4-5-17(23)21(9-13)10-18(24)25)11-26-15-3-1-2-12-8-19-7-6-14(12)15/h1-9H,10-11H2,(H,20,22)(H,24,25). The third-order valence-corrected chi connectivity index (χ3v) is 3.57. The van der Waals surface area contributed by atoms with E-state index in [4.69, 9.17) is 9.84 Å².